The minimum absolute atomic E-state index is 0. The van der Waals surface area contributed by atoms with Crippen LogP contribution in [0, 0.1) is 0 Å². The summed E-state index contributed by atoms with van der Waals surface area (Å²) in [6, 6.07) is 6.66. The Morgan fingerprint density at radius 1 is 1.33 bits per heavy atom. The normalized spacial score (nSPS) is 7.92. The summed E-state index contributed by atoms with van der Waals surface area (Å²) >= 11 is 0. The number of hydrogen-bond donors (Lipinski definition) is 3. The van der Waals surface area contributed by atoms with E-state index in [4.69, 9.17) is 19.9 Å². The zero-order chi connectivity index (χ0) is 9.40. The Morgan fingerprint density at radius 3 is 2.25 bits per heavy atom. The van der Waals surface area contributed by atoms with Crippen molar-refractivity contribution in [2.45, 2.75) is 0 Å². The first kappa shape index (κ1) is 10.8. The van der Waals surface area contributed by atoms with Crippen LogP contribution in [0.3, 0.4) is 0 Å². The van der Waals surface area contributed by atoms with Crippen molar-refractivity contribution in [3.63, 3.8) is 0 Å². The summed E-state index contributed by atoms with van der Waals surface area (Å²) in [6.07, 6.45) is 0. The van der Waals surface area contributed by atoms with Gasteiger partial charge in [-0.15, -0.1) is 0 Å². The van der Waals surface area contributed by atoms with E-state index in [1.807, 2.05) is 0 Å². The molecular weight excluding hydrogens is 159 g/mol. The number of hydrogen-bond acceptors (Lipinski definition) is 4. The Labute approximate surface area is 71.4 Å². The molecule has 12 heavy (non-hydrogen) atoms. The first-order valence-electron chi connectivity index (χ1n) is 3.17. The largest absolute Gasteiger partial charge is 0.508 e. The molecule has 0 heterocycles. The summed E-state index contributed by atoms with van der Waals surface area (Å²) in [7, 11) is 1.56. The monoisotopic (exact) mass is 169 g/mol. The Kier molecular flexibility index (Phi) is 5.86. The van der Waals surface area contributed by atoms with E-state index >= 15 is 0 Å². The van der Waals surface area contributed by atoms with Crippen LogP contribution in [-0.4, -0.2) is 29.9 Å². The molecule has 1 rings (SSSR count). The number of methoxy groups -OCH3 is 1. The second-order valence-corrected chi connectivity index (χ2v) is 1.82. The second-order valence-electron chi connectivity index (χ2n) is 1.82. The summed E-state index contributed by atoms with van der Waals surface area (Å²) < 4.78 is 4.84. The maximum atomic E-state index is 8.86. The molecule has 1 aromatic carbocycles. The van der Waals surface area contributed by atoms with Crippen molar-refractivity contribution in [3.05, 3.63) is 24.3 Å². The maximum absolute atomic E-state index is 8.86. The van der Waals surface area contributed by atoms with E-state index in [1.54, 1.807) is 31.4 Å². The Bertz CT molecular complexity index is 216. The average molecular weight is 169 g/mol. The molecule has 3 N–H and O–H groups in total. The molecule has 65 valence electrons. The van der Waals surface area contributed by atoms with Crippen LogP contribution in [-0.2, 0) is 0 Å². The topological polar surface area (TPSA) is 69.9 Å². The average Bonchev–Trinajstić information content (AvgIpc) is 2.06. The molecule has 0 atom stereocenters. The van der Waals surface area contributed by atoms with Gasteiger partial charge in [-0.25, -0.2) is 0 Å². The van der Waals surface area contributed by atoms with Crippen LogP contribution >= 0.6 is 0 Å². The van der Waals surface area contributed by atoms with Gasteiger partial charge in [0.25, 0.3) is 0 Å². The van der Waals surface area contributed by atoms with E-state index in [2.05, 4.69) is 0 Å². The third kappa shape index (κ3) is 4.59. The summed E-state index contributed by atoms with van der Waals surface area (Å²) in [4.78, 5) is 0. The number of rotatable bonds is 1. The smallest absolute Gasteiger partial charge is 0.482 e. The van der Waals surface area contributed by atoms with E-state index in [-0.39, 0.29) is 13.4 Å². The zero-order valence-electron chi connectivity index (χ0n) is 6.64. The van der Waals surface area contributed by atoms with E-state index in [0.29, 0.717) is 5.75 Å². The second kappa shape index (κ2) is 6.51. The molecule has 0 saturated carbocycles. The maximum Gasteiger partial charge on any atom is 0.482 e. The van der Waals surface area contributed by atoms with Crippen molar-refractivity contribution in [3.8, 4) is 11.5 Å². The van der Waals surface area contributed by atoms with Crippen molar-refractivity contribution in [2.24, 2.45) is 0 Å². The van der Waals surface area contributed by atoms with Gasteiger partial charge in [-0.3, -0.25) is 0 Å². The lowest BCUT2D eigenvalue weighted by molar-refractivity contribution is 0.407. The number of phenolic OH excluding ortho intramolecular Hbond substituents is 1. The van der Waals surface area contributed by atoms with Crippen molar-refractivity contribution >= 4 is 7.69 Å². The van der Waals surface area contributed by atoms with Gasteiger partial charge in [-0.2, -0.15) is 0 Å². The van der Waals surface area contributed by atoms with Gasteiger partial charge in [0.1, 0.15) is 11.5 Å². The summed E-state index contributed by atoms with van der Waals surface area (Å²) in [5.41, 5.74) is 0. The van der Waals surface area contributed by atoms with E-state index < -0.39 is 0 Å². The Balaban J connectivity index is 0.000000354. The van der Waals surface area contributed by atoms with Crippen LogP contribution < -0.4 is 4.74 Å². The van der Waals surface area contributed by atoms with Crippen molar-refractivity contribution < 1.29 is 19.9 Å². The standard InChI is InChI=1S/C7H8O2.BH2O2/c1-9-7-4-2-3-6(8)5-7;2-1-3/h2-5,8H,1H3;2-3H. The molecule has 0 amide bonds. The Morgan fingerprint density at radius 2 is 1.92 bits per heavy atom. The van der Waals surface area contributed by atoms with Crippen molar-refractivity contribution in [1.29, 1.82) is 0 Å². The highest BCUT2D eigenvalue weighted by Crippen LogP contribution is 2.16. The quantitative estimate of drug-likeness (QED) is 0.513. The third-order valence-corrected chi connectivity index (χ3v) is 1.05. The number of ether oxygens (including phenoxy) is 1. The molecule has 0 aliphatic rings. The molecule has 0 spiro atoms. The van der Waals surface area contributed by atoms with Crippen LogP contribution in [0.4, 0.5) is 0 Å². The third-order valence-electron chi connectivity index (χ3n) is 1.05. The minimum Gasteiger partial charge on any atom is -0.508 e. The lowest BCUT2D eigenvalue weighted by Crippen LogP contribution is -1.79. The molecular formula is C7H10BO4. The molecule has 1 aromatic rings. The van der Waals surface area contributed by atoms with Gasteiger partial charge < -0.3 is 19.9 Å². The highest BCUT2D eigenvalue weighted by molar-refractivity contribution is 6.13. The summed E-state index contributed by atoms with van der Waals surface area (Å²) in [5.74, 6) is 0.907. The molecule has 4 nitrogen and oxygen atoms in total. The van der Waals surface area contributed by atoms with Gasteiger partial charge in [0, 0.05) is 6.07 Å². The Hall–Kier alpha value is -1.20. The molecule has 0 fully saturated rings. The van der Waals surface area contributed by atoms with Crippen LogP contribution in [0.2, 0.25) is 0 Å². The first-order chi connectivity index (χ1) is 5.74. The van der Waals surface area contributed by atoms with E-state index in [0.717, 1.165) is 0 Å². The number of aromatic hydroxyl groups is 1. The SMILES string of the molecule is COc1cccc(O)c1.O[B]O. The van der Waals surface area contributed by atoms with E-state index in [1.165, 1.54) is 0 Å². The fraction of sp³-hybridized carbons (Fsp3) is 0.143. The zero-order valence-corrected chi connectivity index (χ0v) is 6.64. The van der Waals surface area contributed by atoms with Crippen LogP contribution in [0.1, 0.15) is 0 Å². The van der Waals surface area contributed by atoms with Gasteiger partial charge in [0.2, 0.25) is 0 Å². The van der Waals surface area contributed by atoms with Gasteiger partial charge in [0.05, 0.1) is 7.11 Å². The predicted molar refractivity (Wildman–Crippen MR) is 44.9 cm³/mol. The van der Waals surface area contributed by atoms with Gasteiger partial charge >= 0.3 is 7.69 Å². The molecule has 0 aliphatic carbocycles. The minimum atomic E-state index is 0. The number of phenols is 1. The van der Waals surface area contributed by atoms with Gasteiger partial charge in [0.15, 0.2) is 0 Å². The molecule has 5 heteroatoms. The molecule has 0 bridgehead atoms. The van der Waals surface area contributed by atoms with Gasteiger partial charge in [-0.05, 0) is 12.1 Å². The molecule has 0 unspecified atom stereocenters. The molecule has 1 radical (unpaired) electrons. The first-order valence-corrected chi connectivity index (χ1v) is 3.17. The van der Waals surface area contributed by atoms with Crippen LogP contribution in [0.5, 0.6) is 11.5 Å². The molecule has 0 saturated heterocycles. The fourth-order valence-electron chi connectivity index (χ4n) is 0.610. The number of benzene rings is 1. The van der Waals surface area contributed by atoms with Crippen molar-refractivity contribution in [2.75, 3.05) is 7.11 Å². The highest BCUT2D eigenvalue weighted by atomic mass is 16.5. The van der Waals surface area contributed by atoms with E-state index in [9.17, 15) is 0 Å². The summed E-state index contributed by atoms with van der Waals surface area (Å²) in [5, 5.41) is 22.9. The fourth-order valence-corrected chi connectivity index (χ4v) is 0.610. The lowest BCUT2D eigenvalue weighted by Gasteiger charge is -1.97. The van der Waals surface area contributed by atoms with Gasteiger partial charge in [-0.1, -0.05) is 6.07 Å². The molecule has 0 aromatic heterocycles. The highest BCUT2D eigenvalue weighted by Gasteiger charge is 1.88. The molecule has 0 aliphatic heterocycles. The lowest BCUT2D eigenvalue weighted by atomic mass is 10.3. The van der Waals surface area contributed by atoms with Crippen LogP contribution in [0.25, 0.3) is 0 Å². The van der Waals surface area contributed by atoms with Crippen LogP contribution in [0.15, 0.2) is 24.3 Å². The summed E-state index contributed by atoms with van der Waals surface area (Å²) in [6.45, 7) is 0. The predicted octanol–water partition coefficient (Wildman–Crippen LogP) is -0.0940. The van der Waals surface area contributed by atoms with Crippen molar-refractivity contribution in [1.82, 2.24) is 0 Å².